The molecule has 0 bridgehead atoms. The maximum Gasteiger partial charge on any atom is 0.212 e. The number of hydrogen-bond donors (Lipinski definition) is 2. The van der Waals surface area contributed by atoms with Gasteiger partial charge in [-0.25, -0.2) is 21.6 Å². The summed E-state index contributed by atoms with van der Waals surface area (Å²) in [6.45, 7) is 2.89. The predicted octanol–water partition coefficient (Wildman–Crippen LogP) is -1.44. The molecule has 0 rings (SSSR count). The lowest BCUT2D eigenvalue weighted by Crippen LogP contribution is -2.34. The van der Waals surface area contributed by atoms with E-state index in [4.69, 9.17) is 0 Å². The summed E-state index contributed by atoms with van der Waals surface area (Å²) in [5.41, 5.74) is 0. The topological polar surface area (TPSA) is 92.3 Å². The van der Waals surface area contributed by atoms with Crippen LogP contribution in [0.3, 0.4) is 0 Å². The molecule has 0 radical (unpaired) electrons. The lowest BCUT2D eigenvalue weighted by molar-refractivity contribution is 0.578. The fourth-order valence-electron chi connectivity index (χ4n) is 0.838. The molecule has 0 aliphatic heterocycles. The lowest BCUT2D eigenvalue weighted by Gasteiger charge is -2.05. The number of nitrogens with one attached hydrogen (secondary N) is 2. The van der Waals surface area contributed by atoms with Crippen LogP contribution in [0.25, 0.3) is 0 Å². The molecule has 0 aromatic rings. The highest BCUT2D eigenvalue weighted by atomic mass is 32.2. The van der Waals surface area contributed by atoms with Gasteiger partial charge in [0.05, 0.1) is 11.5 Å². The zero-order chi connectivity index (χ0) is 11.9. The number of rotatable bonds is 8. The van der Waals surface area contributed by atoms with E-state index < -0.39 is 19.9 Å². The molecule has 92 valence electrons. The first-order valence-corrected chi connectivity index (χ1v) is 8.34. The summed E-state index contributed by atoms with van der Waals surface area (Å²) in [5, 5.41) is 2.87. The van der Waals surface area contributed by atoms with Gasteiger partial charge in [-0.05, 0) is 6.54 Å². The van der Waals surface area contributed by atoms with Crippen LogP contribution in [0.2, 0.25) is 0 Å². The zero-order valence-corrected chi connectivity index (χ0v) is 10.6. The Morgan fingerprint density at radius 3 is 2.07 bits per heavy atom. The van der Waals surface area contributed by atoms with E-state index in [1.165, 1.54) is 0 Å². The van der Waals surface area contributed by atoms with Crippen LogP contribution in [0, 0.1) is 0 Å². The Morgan fingerprint density at radius 1 is 1.00 bits per heavy atom. The lowest BCUT2D eigenvalue weighted by atomic mass is 10.7. The monoisotopic (exact) mass is 258 g/mol. The molecule has 0 aromatic carbocycles. The molecule has 0 saturated carbocycles. The van der Waals surface area contributed by atoms with Crippen LogP contribution < -0.4 is 10.0 Å². The Labute approximate surface area is 91.4 Å². The Hall–Kier alpha value is -0.180. The minimum atomic E-state index is -3.35. The third kappa shape index (κ3) is 10.1. The molecule has 15 heavy (non-hydrogen) atoms. The summed E-state index contributed by atoms with van der Waals surface area (Å²) < 4.78 is 46.2. The molecule has 6 nitrogen and oxygen atoms in total. The van der Waals surface area contributed by atoms with E-state index in [9.17, 15) is 16.8 Å². The average molecular weight is 258 g/mol. The van der Waals surface area contributed by atoms with Gasteiger partial charge >= 0.3 is 0 Å². The van der Waals surface area contributed by atoms with Crippen molar-refractivity contribution in [2.75, 3.05) is 37.4 Å². The standard InChI is InChI=1S/C7H18N2O4S2/c1-3-8-4-7-15(12,13)9-5-6-14(2,10)11/h8-9H,3-7H2,1-2H3. The summed E-state index contributed by atoms with van der Waals surface area (Å²) in [4.78, 5) is 0. The summed E-state index contributed by atoms with van der Waals surface area (Å²) in [7, 11) is -6.47. The largest absolute Gasteiger partial charge is 0.316 e. The van der Waals surface area contributed by atoms with E-state index in [-0.39, 0.29) is 18.1 Å². The van der Waals surface area contributed by atoms with Gasteiger partial charge in [0, 0.05) is 19.3 Å². The van der Waals surface area contributed by atoms with E-state index in [0.717, 1.165) is 6.26 Å². The van der Waals surface area contributed by atoms with Crippen molar-refractivity contribution in [1.29, 1.82) is 0 Å². The SMILES string of the molecule is CCNCCS(=O)(=O)NCCS(C)(=O)=O. The van der Waals surface area contributed by atoms with Gasteiger partial charge in [-0.1, -0.05) is 6.92 Å². The number of sulfone groups is 1. The normalized spacial score (nSPS) is 12.9. The quantitative estimate of drug-likeness (QED) is 0.520. The fraction of sp³-hybridized carbons (Fsp3) is 1.00. The smallest absolute Gasteiger partial charge is 0.212 e. The molecule has 0 saturated heterocycles. The van der Waals surface area contributed by atoms with Crippen molar-refractivity contribution >= 4 is 19.9 Å². The predicted molar refractivity (Wildman–Crippen MR) is 60.0 cm³/mol. The van der Waals surface area contributed by atoms with E-state index in [1.807, 2.05) is 6.92 Å². The second kappa shape index (κ2) is 6.41. The molecule has 0 fully saturated rings. The highest BCUT2D eigenvalue weighted by Gasteiger charge is 2.10. The molecule has 0 aliphatic carbocycles. The van der Waals surface area contributed by atoms with E-state index in [1.54, 1.807) is 0 Å². The molecule has 2 N–H and O–H groups in total. The van der Waals surface area contributed by atoms with Crippen LogP contribution in [0.1, 0.15) is 6.92 Å². The van der Waals surface area contributed by atoms with Crippen LogP contribution >= 0.6 is 0 Å². The van der Waals surface area contributed by atoms with Crippen LogP contribution in [0.15, 0.2) is 0 Å². The van der Waals surface area contributed by atoms with E-state index >= 15 is 0 Å². The first kappa shape index (κ1) is 14.8. The van der Waals surface area contributed by atoms with Crippen LogP contribution in [-0.4, -0.2) is 54.2 Å². The Bertz CT molecular complexity index is 360. The molecule has 0 atom stereocenters. The summed E-state index contributed by atoms with van der Waals surface area (Å²) in [6.07, 6.45) is 1.07. The summed E-state index contributed by atoms with van der Waals surface area (Å²) >= 11 is 0. The molecule has 0 spiro atoms. The Kier molecular flexibility index (Phi) is 6.34. The van der Waals surface area contributed by atoms with Crippen LogP contribution in [0.5, 0.6) is 0 Å². The minimum absolute atomic E-state index is 0.0371. The van der Waals surface area contributed by atoms with Gasteiger partial charge in [-0.15, -0.1) is 0 Å². The molecule has 8 heteroatoms. The third-order valence-corrected chi connectivity index (χ3v) is 3.92. The molecular weight excluding hydrogens is 240 g/mol. The molecule has 0 amide bonds. The average Bonchev–Trinajstić information content (AvgIpc) is 2.01. The zero-order valence-electron chi connectivity index (χ0n) is 8.99. The highest BCUT2D eigenvalue weighted by molar-refractivity contribution is 7.91. The van der Waals surface area contributed by atoms with Gasteiger partial charge in [-0.3, -0.25) is 0 Å². The summed E-state index contributed by atoms with van der Waals surface area (Å²) in [6, 6.07) is 0. The number of hydrogen-bond acceptors (Lipinski definition) is 5. The fourth-order valence-corrected chi connectivity index (χ4v) is 2.41. The van der Waals surface area contributed by atoms with Gasteiger partial charge < -0.3 is 5.32 Å². The maximum absolute atomic E-state index is 11.2. The van der Waals surface area contributed by atoms with Gasteiger partial charge in [0.15, 0.2) is 0 Å². The molecule has 0 unspecified atom stereocenters. The van der Waals surface area contributed by atoms with Crippen molar-refractivity contribution in [2.45, 2.75) is 6.92 Å². The third-order valence-electron chi connectivity index (χ3n) is 1.59. The first-order valence-electron chi connectivity index (χ1n) is 4.62. The van der Waals surface area contributed by atoms with Crippen molar-refractivity contribution in [3.8, 4) is 0 Å². The maximum atomic E-state index is 11.2. The van der Waals surface area contributed by atoms with Gasteiger partial charge in [-0.2, -0.15) is 0 Å². The molecule has 0 aromatic heterocycles. The van der Waals surface area contributed by atoms with Crippen molar-refractivity contribution in [3.05, 3.63) is 0 Å². The van der Waals surface area contributed by atoms with E-state index in [0.29, 0.717) is 13.1 Å². The highest BCUT2D eigenvalue weighted by Crippen LogP contribution is 1.85. The minimum Gasteiger partial charge on any atom is -0.316 e. The van der Waals surface area contributed by atoms with Crippen LogP contribution in [0.4, 0.5) is 0 Å². The van der Waals surface area contributed by atoms with Gasteiger partial charge in [0.25, 0.3) is 0 Å². The second-order valence-electron chi connectivity index (χ2n) is 3.20. The van der Waals surface area contributed by atoms with Crippen molar-refractivity contribution in [3.63, 3.8) is 0 Å². The Balaban J connectivity index is 3.85. The van der Waals surface area contributed by atoms with Crippen LogP contribution in [-0.2, 0) is 19.9 Å². The number of sulfonamides is 1. The first-order chi connectivity index (χ1) is 6.77. The van der Waals surface area contributed by atoms with Crippen molar-refractivity contribution in [1.82, 2.24) is 10.0 Å². The van der Waals surface area contributed by atoms with Gasteiger partial charge in [0.2, 0.25) is 10.0 Å². The second-order valence-corrected chi connectivity index (χ2v) is 7.38. The van der Waals surface area contributed by atoms with Crippen molar-refractivity contribution < 1.29 is 16.8 Å². The Morgan fingerprint density at radius 2 is 1.60 bits per heavy atom. The molecule has 0 heterocycles. The molecule has 0 aliphatic rings. The molecular formula is C7H18N2O4S2. The van der Waals surface area contributed by atoms with Gasteiger partial charge in [0.1, 0.15) is 9.84 Å². The van der Waals surface area contributed by atoms with Crippen molar-refractivity contribution in [2.24, 2.45) is 0 Å². The summed E-state index contributed by atoms with van der Waals surface area (Å²) in [5.74, 6) is -0.210. The van der Waals surface area contributed by atoms with E-state index in [2.05, 4.69) is 10.0 Å².